The zero-order valence-corrected chi connectivity index (χ0v) is 17.6. The lowest BCUT2D eigenvalue weighted by Gasteiger charge is -2.29. The van der Waals surface area contributed by atoms with Crippen LogP contribution in [0.3, 0.4) is 0 Å². The van der Waals surface area contributed by atoms with Crippen molar-refractivity contribution in [3.63, 3.8) is 0 Å². The normalized spacial score (nSPS) is 15.2. The molecule has 1 fully saturated rings. The van der Waals surface area contributed by atoms with Crippen LogP contribution in [0.1, 0.15) is 12.8 Å². The van der Waals surface area contributed by atoms with Crippen LogP contribution in [-0.2, 0) is 6.54 Å². The monoisotopic (exact) mass is 406 g/mol. The third kappa shape index (κ3) is 4.10. The first-order chi connectivity index (χ1) is 15.3. The fourth-order valence-electron chi connectivity index (χ4n) is 4.57. The zero-order chi connectivity index (χ0) is 21.0. The van der Waals surface area contributed by atoms with Crippen molar-refractivity contribution >= 4 is 10.9 Å². The first kappa shape index (κ1) is 19.5. The third-order valence-corrected chi connectivity index (χ3v) is 6.37. The summed E-state index contributed by atoms with van der Waals surface area (Å²) in [5.41, 5.74) is 5.95. The lowest BCUT2D eigenvalue weighted by Crippen LogP contribution is -2.35. The van der Waals surface area contributed by atoms with Gasteiger partial charge in [-0.3, -0.25) is 4.98 Å². The van der Waals surface area contributed by atoms with Crippen molar-refractivity contribution in [2.24, 2.45) is 5.92 Å². The number of nitriles is 1. The summed E-state index contributed by atoms with van der Waals surface area (Å²) in [6, 6.07) is 23.7. The molecule has 0 radical (unpaired) electrons. The van der Waals surface area contributed by atoms with Gasteiger partial charge < -0.3 is 9.47 Å². The number of para-hydroxylation sites is 1. The molecule has 2 aromatic heterocycles. The molecule has 0 saturated carbocycles. The Hall–Kier alpha value is -3.42. The average molecular weight is 407 g/mol. The Kier molecular flexibility index (Phi) is 5.52. The fourth-order valence-corrected chi connectivity index (χ4v) is 4.57. The van der Waals surface area contributed by atoms with Crippen molar-refractivity contribution in [1.29, 1.82) is 5.26 Å². The van der Waals surface area contributed by atoms with Crippen molar-refractivity contribution in [2.75, 3.05) is 19.6 Å². The Bertz CT molecular complexity index is 1210. The molecule has 1 aliphatic rings. The van der Waals surface area contributed by atoms with E-state index in [1.807, 2.05) is 18.5 Å². The molecule has 4 aromatic rings. The molecule has 0 bridgehead atoms. The molecule has 1 saturated heterocycles. The fraction of sp³-hybridized carbons (Fsp3) is 0.259. The Labute approximate surface area is 183 Å². The van der Waals surface area contributed by atoms with Crippen LogP contribution in [0.2, 0.25) is 0 Å². The number of rotatable bonds is 5. The molecule has 5 rings (SSSR count). The molecule has 2 aromatic carbocycles. The molecule has 0 unspecified atom stereocenters. The molecule has 31 heavy (non-hydrogen) atoms. The minimum atomic E-state index is 0.236. The lowest BCUT2D eigenvalue weighted by atomic mass is 9.99. The van der Waals surface area contributed by atoms with E-state index in [9.17, 15) is 0 Å². The van der Waals surface area contributed by atoms with Gasteiger partial charge in [0.25, 0.3) is 0 Å². The first-order valence-corrected chi connectivity index (χ1v) is 11.0. The number of nitrogens with zero attached hydrogens (tertiary/aromatic N) is 4. The van der Waals surface area contributed by atoms with Gasteiger partial charge in [-0.05, 0) is 43.6 Å². The maximum atomic E-state index is 9.13. The number of hydrogen-bond acceptors (Lipinski definition) is 3. The van der Waals surface area contributed by atoms with Gasteiger partial charge in [-0.25, -0.2) is 0 Å². The summed E-state index contributed by atoms with van der Waals surface area (Å²) in [6.07, 6.45) is 8.16. The molecule has 1 aliphatic heterocycles. The zero-order valence-electron chi connectivity index (χ0n) is 17.6. The van der Waals surface area contributed by atoms with E-state index in [0.29, 0.717) is 0 Å². The van der Waals surface area contributed by atoms with E-state index in [0.717, 1.165) is 50.1 Å². The summed E-state index contributed by atoms with van der Waals surface area (Å²) < 4.78 is 2.37. The predicted molar refractivity (Wildman–Crippen MR) is 125 cm³/mol. The van der Waals surface area contributed by atoms with Gasteiger partial charge in [0.1, 0.15) is 0 Å². The highest BCUT2D eigenvalue weighted by atomic mass is 15.1. The smallest absolute Gasteiger partial charge is 0.0656 e. The highest BCUT2D eigenvalue weighted by Crippen LogP contribution is 2.32. The summed E-state index contributed by atoms with van der Waals surface area (Å²) in [7, 11) is 0. The molecule has 0 aliphatic carbocycles. The molecule has 0 amide bonds. The predicted octanol–water partition coefficient (Wildman–Crippen LogP) is 5.61. The van der Waals surface area contributed by atoms with Crippen LogP contribution in [0.4, 0.5) is 0 Å². The van der Waals surface area contributed by atoms with Crippen LogP contribution < -0.4 is 0 Å². The van der Waals surface area contributed by atoms with Gasteiger partial charge in [-0.1, -0.05) is 48.5 Å². The number of hydrogen-bond donors (Lipinski definition) is 0. The maximum Gasteiger partial charge on any atom is 0.0656 e. The number of benzene rings is 2. The van der Waals surface area contributed by atoms with Gasteiger partial charge >= 0.3 is 0 Å². The molecule has 3 heterocycles. The largest absolute Gasteiger partial charge is 0.346 e. The standard InChI is InChI=1S/C27H26N4/c28-17-21-10-12-30(13-11-21)14-15-31-20-26(25-8-4-5-9-27(25)31)24-16-23(18-29-19-24)22-6-2-1-3-7-22/h1-9,16,18-21H,10-15H2. The minimum absolute atomic E-state index is 0.236. The van der Waals surface area contributed by atoms with Crippen molar-refractivity contribution < 1.29 is 0 Å². The molecule has 4 heteroatoms. The van der Waals surface area contributed by atoms with Gasteiger partial charge in [0, 0.05) is 65.2 Å². The summed E-state index contributed by atoms with van der Waals surface area (Å²) >= 11 is 0. The Morgan fingerprint density at radius 3 is 2.42 bits per heavy atom. The van der Waals surface area contributed by atoms with E-state index in [2.05, 4.69) is 81.3 Å². The van der Waals surface area contributed by atoms with Gasteiger partial charge in [0.05, 0.1) is 6.07 Å². The summed E-state index contributed by atoms with van der Waals surface area (Å²) in [5.74, 6) is 0.236. The number of pyridine rings is 1. The van der Waals surface area contributed by atoms with E-state index in [-0.39, 0.29) is 5.92 Å². The van der Waals surface area contributed by atoms with Crippen LogP contribution in [0.15, 0.2) is 79.3 Å². The van der Waals surface area contributed by atoms with E-state index >= 15 is 0 Å². The van der Waals surface area contributed by atoms with Crippen LogP contribution in [0.5, 0.6) is 0 Å². The number of likely N-dealkylation sites (tertiary alicyclic amines) is 1. The Balaban J connectivity index is 1.43. The second kappa shape index (κ2) is 8.75. The topological polar surface area (TPSA) is 44.9 Å². The molecule has 0 spiro atoms. The number of aromatic nitrogens is 2. The van der Waals surface area contributed by atoms with Crippen molar-refractivity contribution in [3.8, 4) is 28.3 Å². The van der Waals surface area contributed by atoms with Crippen molar-refractivity contribution in [3.05, 3.63) is 79.3 Å². The highest BCUT2D eigenvalue weighted by Gasteiger charge is 2.19. The average Bonchev–Trinajstić information content (AvgIpc) is 3.22. The molecular weight excluding hydrogens is 380 g/mol. The van der Waals surface area contributed by atoms with Gasteiger partial charge in [-0.15, -0.1) is 0 Å². The minimum Gasteiger partial charge on any atom is -0.346 e. The third-order valence-electron chi connectivity index (χ3n) is 6.37. The second-order valence-corrected chi connectivity index (χ2v) is 8.33. The van der Waals surface area contributed by atoms with E-state index in [1.54, 1.807) is 0 Å². The number of fused-ring (bicyclic) bond motifs is 1. The van der Waals surface area contributed by atoms with Gasteiger partial charge in [0.15, 0.2) is 0 Å². The number of piperidine rings is 1. The Morgan fingerprint density at radius 2 is 1.61 bits per heavy atom. The van der Waals surface area contributed by atoms with E-state index in [4.69, 9.17) is 5.26 Å². The molecule has 154 valence electrons. The van der Waals surface area contributed by atoms with E-state index in [1.165, 1.54) is 22.0 Å². The first-order valence-electron chi connectivity index (χ1n) is 11.0. The van der Waals surface area contributed by atoms with Gasteiger partial charge in [-0.2, -0.15) is 5.26 Å². The summed E-state index contributed by atoms with van der Waals surface area (Å²) in [6.45, 7) is 4.00. The van der Waals surface area contributed by atoms with Gasteiger partial charge in [0.2, 0.25) is 0 Å². The second-order valence-electron chi connectivity index (χ2n) is 8.33. The van der Waals surface area contributed by atoms with Crippen LogP contribution in [0, 0.1) is 17.2 Å². The maximum absolute atomic E-state index is 9.13. The highest BCUT2D eigenvalue weighted by molar-refractivity contribution is 5.96. The van der Waals surface area contributed by atoms with E-state index < -0.39 is 0 Å². The van der Waals surface area contributed by atoms with Crippen molar-refractivity contribution in [2.45, 2.75) is 19.4 Å². The SMILES string of the molecule is N#CC1CCN(CCn2cc(-c3cncc(-c4ccccc4)c3)c3ccccc32)CC1. The molecule has 4 nitrogen and oxygen atoms in total. The molecule has 0 N–H and O–H groups in total. The molecule has 0 atom stereocenters. The van der Waals surface area contributed by atoms with Crippen molar-refractivity contribution in [1.82, 2.24) is 14.5 Å². The Morgan fingerprint density at radius 1 is 0.871 bits per heavy atom. The summed E-state index contributed by atoms with van der Waals surface area (Å²) in [4.78, 5) is 7.03. The van der Waals surface area contributed by atoms with Crippen LogP contribution in [-0.4, -0.2) is 34.1 Å². The van der Waals surface area contributed by atoms with Crippen LogP contribution >= 0.6 is 0 Å². The quantitative estimate of drug-likeness (QED) is 0.433. The summed E-state index contributed by atoms with van der Waals surface area (Å²) in [5, 5.41) is 10.4. The lowest BCUT2D eigenvalue weighted by molar-refractivity contribution is 0.200. The van der Waals surface area contributed by atoms with Crippen LogP contribution in [0.25, 0.3) is 33.2 Å². The molecular formula is C27H26N4.